The van der Waals surface area contributed by atoms with Gasteiger partial charge in [0.25, 0.3) is 0 Å². The van der Waals surface area contributed by atoms with Gasteiger partial charge in [0.05, 0.1) is 0 Å². The Bertz CT molecular complexity index is 323. The Hall–Kier alpha value is -1.19. The summed E-state index contributed by atoms with van der Waals surface area (Å²) in [6, 6.07) is 0. The number of carboxylic acids is 1. The molecule has 4 nitrogen and oxygen atoms in total. The predicted molar refractivity (Wildman–Crippen MR) is 88.0 cm³/mol. The summed E-state index contributed by atoms with van der Waals surface area (Å²) in [4.78, 5) is 32.7. The van der Waals surface area contributed by atoms with E-state index in [2.05, 4.69) is 6.92 Å². The highest BCUT2D eigenvalue weighted by molar-refractivity contribution is 6.32. The standard InChI is InChI=1S/C18H32O4/c1-2-3-4-5-6-7-8-9-10-11-12-13-16(19)14-15-17(20)18(21)22/h2-15H2,1H3,(H,21,22). The van der Waals surface area contributed by atoms with Crippen molar-refractivity contribution < 1.29 is 19.5 Å². The fourth-order valence-electron chi connectivity index (χ4n) is 2.47. The van der Waals surface area contributed by atoms with Crippen molar-refractivity contribution in [3.05, 3.63) is 0 Å². The number of ketones is 2. The van der Waals surface area contributed by atoms with Gasteiger partial charge in [-0.2, -0.15) is 0 Å². The summed E-state index contributed by atoms with van der Waals surface area (Å²) in [7, 11) is 0. The summed E-state index contributed by atoms with van der Waals surface area (Å²) in [6.07, 6.45) is 14.0. The maximum absolute atomic E-state index is 11.5. The van der Waals surface area contributed by atoms with E-state index in [4.69, 9.17) is 5.11 Å². The zero-order valence-corrected chi connectivity index (χ0v) is 14.1. The highest BCUT2D eigenvalue weighted by Gasteiger charge is 2.13. The van der Waals surface area contributed by atoms with E-state index in [1.807, 2.05) is 0 Å². The third-order valence-electron chi connectivity index (χ3n) is 3.93. The van der Waals surface area contributed by atoms with Crippen molar-refractivity contribution in [1.82, 2.24) is 0 Å². The third kappa shape index (κ3) is 13.8. The first-order valence-corrected chi connectivity index (χ1v) is 8.85. The SMILES string of the molecule is CCCCCCCCCCCCCC(=O)CCC(=O)C(=O)O. The molecule has 0 bridgehead atoms. The van der Waals surface area contributed by atoms with Crippen LogP contribution in [0.5, 0.6) is 0 Å². The largest absolute Gasteiger partial charge is 0.476 e. The molecular formula is C18H32O4. The average Bonchev–Trinajstić information content (AvgIpc) is 2.50. The second kappa shape index (κ2) is 14.7. The van der Waals surface area contributed by atoms with E-state index in [1.54, 1.807) is 0 Å². The third-order valence-corrected chi connectivity index (χ3v) is 3.93. The van der Waals surface area contributed by atoms with Crippen LogP contribution in [0.15, 0.2) is 0 Å². The second-order valence-corrected chi connectivity index (χ2v) is 6.05. The molecule has 4 heteroatoms. The Labute approximate surface area is 134 Å². The van der Waals surface area contributed by atoms with Gasteiger partial charge >= 0.3 is 5.97 Å². The Balaban J connectivity index is 3.27. The number of aliphatic carboxylic acids is 1. The lowest BCUT2D eigenvalue weighted by molar-refractivity contribution is -0.149. The summed E-state index contributed by atoms with van der Waals surface area (Å²) in [5.41, 5.74) is 0. The van der Waals surface area contributed by atoms with Gasteiger partial charge in [-0.15, -0.1) is 0 Å². The highest BCUT2D eigenvalue weighted by atomic mass is 16.4. The van der Waals surface area contributed by atoms with Crippen molar-refractivity contribution in [2.24, 2.45) is 0 Å². The van der Waals surface area contributed by atoms with Crippen LogP contribution >= 0.6 is 0 Å². The molecule has 0 aromatic carbocycles. The van der Waals surface area contributed by atoms with Crippen LogP contribution < -0.4 is 0 Å². The molecule has 0 aromatic heterocycles. The molecule has 0 atom stereocenters. The van der Waals surface area contributed by atoms with Crippen molar-refractivity contribution in [3.8, 4) is 0 Å². The van der Waals surface area contributed by atoms with E-state index in [0.717, 1.165) is 19.3 Å². The van der Waals surface area contributed by atoms with Crippen molar-refractivity contribution in [1.29, 1.82) is 0 Å². The van der Waals surface area contributed by atoms with Crippen LogP contribution in [-0.2, 0) is 14.4 Å². The number of unbranched alkanes of at least 4 members (excludes halogenated alkanes) is 10. The van der Waals surface area contributed by atoms with Gasteiger partial charge in [0.15, 0.2) is 0 Å². The van der Waals surface area contributed by atoms with Crippen LogP contribution in [0.3, 0.4) is 0 Å². The van der Waals surface area contributed by atoms with Gasteiger partial charge in [0.2, 0.25) is 5.78 Å². The monoisotopic (exact) mass is 312 g/mol. The van der Waals surface area contributed by atoms with Crippen LogP contribution in [0.25, 0.3) is 0 Å². The van der Waals surface area contributed by atoms with Crippen molar-refractivity contribution in [2.45, 2.75) is 96.8 Å². The first kappa shape index (κ1) is 20.8. The molecule has 0 fully saturated rings. The summed E-state index contributed by atoms with van der Waals surface area (Å²) in [6.45, 7) is 2.23. The average molecular weight is 312 g/mol. The number of carboxylic acid groups (broad SMARTS) is 1. The minimum atomic E-state index is -1.44. The first-order chi connectivity index (χ1) is 10.6. The van der Waals surface area contributed by atoms with E-state index in [0.29, 0.717) is 6.42 Å². The maximum Gasteiger partial charge on any atom is 0.372 e. The van der Waals surface area contributed by atoms with Crippen LogP contribution in [0.2, 0.25) is 0 Å². The summed E-state index contributed by atoms with van der Waals surface area (Å²) >= 11 is 0. The lowest BCUT2D eigenvalue weighted by atomic mass is 10.0. The molecule has 1 N–H and O–H groups in total. The van der Waals surface area contributed by atoms with E-state index in [1.165, 1.54) is 51.4 Å². The predicted octanol–water partition coefficient (Wildman–Crippen LogP) is 4.69. The molecule has 0 aromatic rings. The number of hydrogen-bond acceptors (Lipinski definition) is 3. The van der Waals surface area contributed by atoms with Gasteiger partial charge in [0, 0.05) is 19.3 Å². The number of hydrogen-bond donors (Lipinski definition) is 1. The Kier molecular flexibility index (Phi) is 13.9. The highest BCUT2D eigenvalue weighted by Crippen LogP contribution is 2.12. The smallest absolute Gasteiger partial charge is 0.372 e. The van der Waals surface area contributed by atoms with Crippen LogP contribution in [0, 0.1) is 0 Å². The van der Waals surface area contributed by atoms with Crippen molar-refractivity contribution >= 4 is 17.5 Å². The van der Waals surface area contributed by atoms with Gasteiger partial charge in [-0.05, 0) is 6.42 Å². The van der Waals surface area contributed by atoms with Gasteiger partial charge in [-0.3, -0.25) is 9.59 Å². The fourth-order valence-corrected chi connectivity index (χ4v) is 2.47. The lowest BCUT2D eigenvalue weighted by Crippen LogP contribution is -2.13. The molecule has 0 heterocycles. The molecule has 22 heavy (non-hydrogen) atoms. The molecule has 0 rings (SSSR count). The quantitative estimate of drug-likeness (QED) is 0.331. The zero-order chi connectivity index (χ0) is 16.6. The van der Waals surface area contributed by atoms with Crippen LogP contribution in [0.4, 0.5) is 0 Å². The molecular weight excluding hydrogens is 280 g/mol. The van der Waals surface area contributed by atoms with Gasteiger partial charge < -0.3 is 5.11 Å². The summed E-state index contributed by atoms with van der Waals surface area (Å²) in [5, 5.41) is 8.41. The maximum atomic E-state index is 11.5. The zero-order valence-electron chi connectivity index (χ0n) is 14.1. The molecule has 0 saturated heterocycles. The summed E-state index contributed by atoms with van der Waals surface area (Å²) < 4.78 is 0. The molecule has 0 radical (unpaired) electrons. The second-order valence-electron chi connectivity index (χ2n) is 6.05. The van der Waals surface area contributed by atoms with Crippen LogP contribution in [-0.4, -0.2) is 22.6 Å². The van der Waals surface area contributed by atoms with Crippen LogP contribution in [0.1, 0.15) is 96.8 Å². The van der Waals surface area contributed by atoms with E-state index in [9.17, 15) is 14.4 Å². The number of carbonyl (C=O) groups is 3. The van der Waals surface area contributed by atoms with E-state index >= 15 is 0 Å². The Morgan fingerprint density at radius 2 is 1.09 bits per heavy atom. The molecule has 0 spiro atoms. The first-order valence-electron chi connectivity index (χ1n) is 8.85. The Morgan fingerprint density at radius 1 is 0.636 bits per heavy atom. The number of Topliss-reactive ketones (excluding diaryl/α,β-unsaturated/α-hetero) is 2. The van der Waals surface area contributed by atoms with Gasteiger partial charge in [-0.25, -0.2) is 4.79 Å². The lowest BCUT2D eigenvalue weighted by Gasteiger charge is -2.02. The van der Waals surface area contributed by atoms with E-state index in [-0.39, 0.29) is 18.6 Å². The molecule has 0 aliphatic carbocycles. The fraction of sp³-hybridized carbons (Fsp3) is 0.833. The number of rotatable bonds is 16. The van der Waals surface area contributed by atoms with E-state index < -0.39 is 11.8 Å². The van der Waals surface area contributed by atoms with Gasteiger partial charge in [0.1, 0.15) is 5.78 Å². The van der Waals surface area contributed by atoms with Crippen molar-refractivity contribution in [3.63, 3.8) is 0 Å². The molecule has 0 aliphatic rings. The minimum Gasteiger partial charge on any atom is -0.476 e. The molecule has 0 amide bonds. The normalized spacial score (nSPS) is 10.6. The van der Waals surface area contributed by atoms with Gasteiger partial charge in [-0.1, -0.05) is 71.1 Å². The molecule has 0 aliphatic heterocycles. The summed E-state index contributed by atoms with van der Waals surface area (Å²) in [5.74, 6) is -2.31. The molecule has 128 valence electrons. The molecule has 0 unspecified atom stereocenters. The minimum absolute atomic E-state index is 0.00511. The van der Waals surface area contributed by atoms with Crippen molar-refractivity contribution in [2.75, 3.05) is 0 Å². The topological polar surface area (TPSA) is 71.4 Å². The Morgan fingerprint density at radius 3 is 1.55 bits per heavy atom. The molecule has 0 saturated carbocycles. The number of carbonyl (C=O) groups excluding carboxylic acids is 2.